The first kappa shape index (κ1) is 19.0. The Morgan fingerprint density at radius 2 is 1.46 bits per heavy atom. The van der Waals surface area contributed by atoms with E-state index in [-0.39, 0.29) is 17.9 Å². The summed E-state index contributed by atoms with van der Waals surface area (Å²) in [6, 6.07) is 22.4. The number of halogens is 1. The maximum absolute atomic E-state index is 3.75. The Morgan fingerprint density at radius 3 is 2.00 bits per heavy atom. The largest absolute Gasteiger partial charge is 0.310 e. The van der Waals surface area contributed by atoms with Gasteiger partial charge in [-0.1, -0.05) is 60.7 Å². The molecule has 0 amide bonds. The molecule has 0 aliphatic heterocycles. The summed E-state index contributed by atoms with van der Waals surface area (Å²) in [5.74, 6) is 0. The van der Waals surface area contributed by atoms with Crippen molar-refractivity contribution in [2.24, 2.45) is 0 Å². The molecule has 1 fully saturated rings. The SMILES string of the molecule is CN(C)C1(c2ccccc2)CCC(NCc2ccccc2)CC1.Cl. The summed E-state index contributed by atoms with van der Waals surface area (Å²) in [5, 5.41) is 3.75. The number of nitrogens with zero attached hydrogens (tertiary/aromatic N) is 1. The Kier molecular flexibility index (Phi) is 6.85. The van der Waals surface area contributed by atoms with Crippen LogP contribution in [-0.4, -0.2) is 25.0 Å². The molecular formula is C21H29ClN2. The second-order valence-corrected chi connectivity index (χ2v) is 6.93. The van der Waals surface area contributed by atoms with Crippen LogP contribution in [0.1, 0.15) is 36.8 Å². The summed E-state index contributed by atoms with van der Waals surface area (Å²) in [7, 11) is 4.45. The Hall–Kier alpha value is -1.35. The van der Waals surface area contributed by atoms with Crippen molar-refractivity contribution < 1.29 is 0 Å². The highest BCUT2D eigenvalue weighted by Gasteiger charge is 2.38. The maximum Gasteiger partial charge on any atom is 0.0455 e. The van der Waals surface area contributed by atoms with Crippen LogP contribution >= 0.6 is 12.4 Å². The lowest BCUT2D eigenvalue weighted by molar-refractivity contribution is 0.0853. The molecule has 0 atom stereocenters. The van der Waals surface area contributed by atoms with Gasteiger partial charge in [-0.2, -0.15) is 0 Å². The smallest absolute Gasteiger partial charge is 0.0455 e. The molecule has 2 aromatic carbocycles. The van der Waals surface area contributed by atoms with Crippen LogP contribution in [0.5, 0.6) is 0 Å². The molecule has 130 valence electrons. The number of rotatable bonds is 5. The van der Waals surface area contributed by atoms with E-state index in [4.69, 9.17) is 0 Å². The fourth-order valence-electron chi connectivity index (χ4n) is 3.90. The van der Waals surface area contributed by atoms with E-state index < -0.39 is 0 Å². The van der Waals surface area contributed by atoms with E-state index >= 15 is 0 Å². The molecule has 24 heavy (non-hydrogen) atoms. The molecule has 1 saturated carbocycles. The van der Waals surface area contributed by atoms with Gasteiger partial charge in [-0.3, -0.25) is 4.90 Å². The van der Waals surface area contributed by atoms with Crippen molar-refractivity contribution in [1.29, 1.82) is 0 Å². The molecule has 3 heteroatoms. The Bertz CT molecular complexity index is 590. The van der Waals surface area contributed by atoms with Gasteiger partial charge in [-0.05, 0) is 50.9 Å². The normalized spacial score (nSPS) is 23.7. The van der Waals surface area contributed by atoms with E-state index in [2.05, 4.69) is 85.0 Å². The lowest BCUT2D eigenvalue weighted by Gasteiger charge is -2.45. The monoisotopic (exact) mass is 344 g/mol. The van der Waals surface area contributed by atoms with Crippen LogP contribution in [0.2, 0.25) is 0 Å². The Morgan fingerprint density at radius 1 is 0.917 bits per heavy atom. The van der Waals surface area contributed by atoms with Crippen molar-refractivity contribution in [2.45, 2.75) is 43.8 Å². The summed E-state index contributed by atoms with van der Waals surface area (Å²) in [4.78, 5) is 2.43. The zero-order valence-electron chi connectivity index (χ0n) is 14.7. The first-order valence-electron chi connectivity index (χ1n) is 8.71. The second-order valence-electron chi connectivity index (χ2n) is 6.93. The van der Waals surface area contributed by atoms with Crippen LogP contribution in [0.4, 0.5) is 0 Å². The van der Waals surface area contributed by atoms with Crippen LogP contribution in [0.15, 0.2) is 60.7 Å². The minimum atomic E-state index is 0. The molecule has 3 rings (SSSR count). The number of hydrogen-bond acceptors (Lipinski definition) is 2. The molecular weight excluding hydrogens is 316 g/mol. The molecule has 0 bridgehead atoms. The van der Waals surface area contributed by atoms with Crippen LogP contribution in [0, 0.1) is 0 Å². The van der Waals surface area contributed by atoms with Crippen LogP contribution < -0.4 is 5.32 Å². The average molecular weight is 345 g/mol. The van der Waals surface area contributed by atoms with Gasteiger partial charge in [0, 0.05) is 18.1 Å². The number of hydrogen-bond donors (Lipinski definition) is 1. The molecule has 2 nitrogen and oxygen atoms in total. The van der Waals surface area contributed by atoms with Gasteiger partial charge in [0.1, 0.15) is 0 Å². The molecule has 1 N–H and O–H groups in total. The van der Waals surface area contributed by atoms with Gasteiger partial charge in [0.2, 0.25) is 0 Å². The highest BCUT2D eigenvalue weighted by atomic mass is 35.5. The highest BCUT2D eigenvalue weighted by molar-refractivity contribution is 5.85. The van der Waals surface area contributed by atoms with Crippen molar-refractivity contribution in [3.63, 3.8) is 0 Å². The molecule has 0 spiro atoms. The molecule has 0 radical (unpaired) electrons. The van der Waals surface area contributed by atoms with E-state index in [1.165, 1.54) is 36.8 Å². The molecule has 1 aliphatic carbocycles. The van der Waals surface area contributed by atoms with Gasteiger partial charge >= 0.3 is 0 Å². The van der Waals surface area contributed by atoms with Gasteiger partial charge < -0.3 is 5.32 Å². The lowest BCUT2D eigenvalue weighted by Crippen LogP contribution is -2.47. The fraction of sp³-hybridized carbons (Fsp3) is 0.429. The van der Waals surface area contributed by atoms with Gasteiger partial charge in [0.25, 0.3) is 0 Å². The second kappa shape index (κ2) is 8.66. The number of nitrogens with one attached hydrogen (secondary N) is 1. The minimum Gasteiger partial charge on any atom is -0.310 e. The Labute approximate surface area is 152 Å². The topological polar surface area (TPSA) is 15.3 Å². The van der Waals surface area contributed by atoms with Gasteiger partial charge in [0.05, 0.1) is 0 Å². The first-order valence-corrected chi connectivity index (χ1v) is 8.71. The van der Waals surface area contributed by atoms with Crippen molar-refractivity contribution in [1.82, 2.24) is 10.2 Å². The zero-order valence-corrected chi connectivity index (χ0v) is 15.6. The van der Waals surface area contributed by atoms with E-state index in [9.17, 15) is 0 Å². The summed E-state index contributed by atoms with van der Waals surface area (Å²) in [6.07, 6.45) is 4.91. The summed E-state index contributed by atoms with van der Waals surface area (Å²) in [6.45, 7) is 0.978. The minimum absolute atomic E-state index is 0. The highest BCUT2D eigenvalue weighted by Crippen LogP contribution is 2.41. The molecule has 0 heterocycles. The number of benzene rings is 2. The van der Waals surface area contributed by atoms with Crippen LogP contribution in [0.25, 0.3) is 0 Å². The van der Waals surface area contributed by atoms with Crippen LogP contribution in [0.3, 0.4) is 0 Å². The van der Waals surface area contributed by atoms with E-state index in [0.717, 1.165) is 6.54 Å². The summed E-state index contributed by atoms with van der Waals surface area (Å²) < 4.78 is 0. The first-order chi connectivity index (χ1) is 11.2. The third kappa shape index (κ3) is 4.18. The van der Waals surface area contributed by atoms with Crippen molar-refractivity contribution >= 4 is 12.4 Å². The Balaban J connectivity index is 0.00000208. The molecule has 0 unspecified atom stereocenters. The standard InChI is InChI=1S/C21H28N2.ClH/c1-23(2)21(19-11-7-4-8-12-19)15-13-20(14-16-21)22-17-18-9-5-3-6-10-18;/h3-12,20,22H,13-17H2,1-2H3;1H. The fourth-order valence-corrected chi connectivity index (χ4v) is 3.90. The predicted octanol–water partition coefficient (Wildman–Crippen LogP) is 4.60. The molecule has 2 aromatic rings. The van der Waals surface area contributed by atoms with Gasteiger partial charge in [-0.25, -0.2) is 0 Å². The van der Waals surface area contributed by atoms with Gasteiger partial charge in [0.15, 0.2) is 0 Å². The molecule has 0 aromatic heterocycles. The van der Waals surface area contributed by atoms with Gasteiger partial charge in [-0.15, -0.1) is 12.4 Å². The lowest BCUT2D eigenvalue weighted by atomic mass is 9.74. The van der Waals surface area contributed by atoms with E-state index in [1.54, 1.807) is 0 Å². The third-order valence-corrected chi connectivity index (χ3v) is 5.42. The van der Waals surface area contributed by atoms with Crippen molar-refractivity contribution in [2.75, 3.05) is 14.1 Å². The van der Waals surface area contributed by atoms with Crippen molar-refractivity contribution in [3.05, 3.63) is 71.8 Å². The zero-order chi connectivity index (χ0) is 16.1. The molecule has 1 aliphatic rings. The van der Waals surface area contributed by atoms with Crippen LogP contribution in [-0.2, 0) is 12.1 Å². The van der Waals surface area contributed by atoms with E-state index in [0.29, 0.717) is 6.04 Å². The average Bonchev–Trinajstić information content (AvgIpc) is 2.62. The quantitative estimate of drug-likeness (QED) is 0.852. The summed E-state index contributed by atoms with van der Waals surface area (Å²) >= 11 is 0. The predicted molar refractivity (Wildman–Crippen MR) is 105 cm³/mol. The maximum atomic E-state index is 3.75. The summed E-state index contributed by atoms with van der Waals surface area (Å²) in [5.41, 5.74) is 3.04. The third-order valence-electron chi connectivity index (χ3n) is 5.42. The van der Waals surface area contributed by atoms with E-state index in [1.807, 2.05) is 0 Å². The van der Waals surface area contributed by atoms with Crippen molar-refractivity contribution in [3.8, 4) is 0 Å². The molecule has 0 saturated heterocycles.